The SMILES string of the molecule is CNC(=O)CCOc1cnc(N(C(=O)NCc2ccccc2)C2(NC3N=CC(C(F)(F)F)=CN3OC3COC3)CCCCC2)cn1. The molecule has 3 amide bonds. The quantitative estimate of drug-likeness (QED) is 0.296. The summed E-state index contributed by atoms with van der Waals surface area (Å²) in [5.41, 5.74) is -1.24. The van der Waals surface area contributed by atoms with Crippen molar-refractivity contribution in [3.8, 4) is 5.88 Å². The Morgan fingerprint density at radius 2 is 1.87 bits per heavy atom. The number of carbonyl (C=O) groups excluding carboxylic acids is 2. The van der Waals surface area contributed by atoms with Crippen LogP contribution in [-0.2, 0) is 20.9 Å². The molecule has 1 atom stereocenters. The molecule has 46 heavy (non-hydrogen) atoms. The number of hydrogen-bond acceptors (Lipinski definition) is 10. The Morgan fingerprint density at radius 1 is 1.11 bits per heavy atom. The van der Waals surface area contributed by atoms with Crippen molar-refractivity contribution in [3.63, 3.8) is 0 Å². The van der Waals surface area contributed by atoms with E-state index in [9.17, 15) is 22.8 Å². The number of benzene rings is 1. The zero-order chi connectivity index (χ0) is 32.6. The summed E-state index contributed by atoms with van der Waals surface area (Å²) in [5, 5.41) is 9.88. The monoisotopic (exact) mass is 646 g/mol. The van der Waals surface area contributed by atoms with Crippen LogP contribution in [0.4, 0.5) is 23.8 Å². The highest BCUT2D eigenvalue weighted by atomic mass is 19.4. The summed E-state index contributed by atoms with van der Waals surface area (Å²) in [7, 11) is 1.53. The lowest BCUT2D eigenvalue weighted by Crippen LogP contribution is -2.68. The van der Waals surface area contributed by atoms with E-state index in [1.807, 2.05) is 30.3 Å². The Kier molecular flexibility index (Phi) is 10.7. The summed E-state index contributed by atoms with van der Waals surface area (Å²) < 4.78 is 51.7. The Balaban J connectivity index is 1.44. The van der Waals surface area contributed by atoms with Crippen molar-refractivity contribution in [3.05, 3.63) is 60.1 Å². The Hall–Kier alpha value is -4.28. The number of halogens is 3. The number of anilines is 1. The van der Waals surface area contributed by atoms with E-state index in [0.717, 1.165) is 42.3 Å². The first-order valence-corrected chi connectivity index (χ1v) is 15.1. The first-order chi connectivity index (χ1) is 22.2. The summed E-state index contributed by atoms with van der Waals surface area (Å²) in [5.74, 6) is 0.151. The molecule has 1 aromatic carbocycles. The number of hydrogen-bond donors (Lipinski definition) is 3. The van der Waals surface area contributed by atoms with E-state index in [-0.39, 0.29) is 50.4 Å². The first kappa shape index (κ1) is 33.1. The average Bonchev–Trinajstić information content (AvgIpc) is 3.03. The number of amides is 3. The molecule has 3 heterocycles. The van der Waals surface area contributed by atoms with E-state index in [1.165, 1.54) is 24.3 Å². The third-order valence-corrected chi connectivity index (χ3v) is 7.77. The van der Waals surface area contributed by atoms with Gasteiger partial charge in [-0.05, 0) is 31.2 Å². The van der Waals surface area contributed by atoms with Crippen LogP contribution in [0.25, 0.3) is 0 Å². The zero-order valence-corrected chi connectivity index (χ0v) is 25.3. The number of ether oxygens (including phenoxy) is 2. The number of nitrogens with zero attached hydrogens (tertiary/aromatic N) is 5. The van der Waals surface area contributed by atoms with Gasteiger partial charge in [0.15, 0.2) is 5.82 Å². The molecule has 2 aromatic rings. The molecule has 5 rings (SSSR count). The van der Waals surface area contributed by atoms with Crippen molar-refractivity contribution in [1.29, 1.82) is 0 Å². The first-order valence-electron chi connectivity index (χ1n) is 15.1. The number of carbonyl (C=O) groups is 2. The van der Waals surface area contributed by atoms with Crippen molar-refractivity contribution >= 4 is 24.0 Å². The zero-order valence-electron chi connectivity index (χ0n) is 25.3. The fourth-order valence-corrected chi connectivity index (χ4v) is 5.29. The van der Waals surface area contributed by atoms with Crippen LogP contribution in [0.15, 0.2) is 59.5 Å². The van der Waals surface area contributed by atoms with Crippen molar-refractivity contribution in [2.24, 2.45) is 4.99 Å². The summed E-state index contributed by atoms with van der Waals surface area (Å²) in [6, 6.07) is 8.87. The molecule has 248 valence electrons. The van der Waals surface area contributed by atoms with Crippen LogP contribution in [-0.4, -0.2) is 84.3 Å². The van der Waals surface area contributed by atoms with Crippen LogP contribution in [0, 0.1) is 0 Å². The van der Waals surface area contributed by atoms with E-state index < -0.39 is 35.8 Å². The van der Waals surface area contributed by atoms with Gasteiger partial charge in [0.05, 0.1) is 44.2 Å². The Morgan fingerprint density at radius 3 is 2.50 bits per heavy atom. The Labute approximate surface area is 264 Å². The smallest absolute Gasteiger partial charge is 0.419 e. The fraction of sp³-hybridized carbons (Fsp3) is 0.500. The Bertz CT molecular complexity index is 1380. The van der Waals surface area contributed by atoms with E-state index in [2.05, 4.69) is 30.9 Å². The van der Waals surface area contributed by atoms with E-state index in [0.29, 0.717) is 12.8 Å². The van der Waals surface area contributed by atoms with Gasteiger partial charge in [-0.3, -0.25) is 24.8 Å². The number of urea groups is 1. The van der Waals surface area contributed by atoms with Crippen molar-refractivity contribution in [2.45, 2.75) is 69.3 Å². The van der Waals surface area contributed by atoms with Crippen LogP contribution in [0.2, 0.25) is 0 Å². The number of hydroxylamine groups is 2. The second kappa shape index (κ2) is 14.9. The summed E-state index contributed by atoms with van der Waals surface area (Å²) in [6.45, 7) is 0.759. The molecule has 0 radical (unpaired) electrons. The molecule has 2 aliphatic heterocycles. The molecule has 16 heteroatoms. The van der Waals surface area contributed by atoms with Gasteiger partial charge in [-0.15, -0.1) is 0 Å². The highest BCUT2D eigenvalue weighted by Crippen LogP contribution is 2.37. The number of aliphatic imine (C=N–C) groups is 1. The van der Waals surface area contributed by atoms with E-state index >= 15 is 0 Å². The normalized spacial score (nSPS) is 19.5. The minimum Gasteiger partial charge on any atom is -0.476 e. The van der Waals surface area contributed by atoms with Crippen LogP contribution < -0.4 is 25.6 Å². The topological polar surface area (TPSA) is 143 Å². The minimum absolute atomic E-state index is 0.0788. The van der Waals surface area contributed by atoms with Gasteiger partial charge in [0.1, 0.15) is 11.8 Å². The summed E-state index contributed by atoms with van der Waals surface area (Å²) in [6.07, 6.45) is 1.54. The van der Waals surface area contributed by atoms with Gasteiger partial charge < -0.3 is 20.1 Å². The lowest BCUT2D eigenvalue weighted by atomic mass is 9.87. The second-order valence-electron chi connectivity index (χ2n) is 11.1. The third-order valence-electron chi connectivity index (χ3n) is 7.77. The predicted octanol–water partition coefficient (Wildman–Crippen LogP) is 3.40. The molecule has 0 bridgehead atoms. The number of aromatic nitrogens is 2. The second-order valence-corrected chi connectivity index (χ2v) is 11.1. The van der Waals surface area contributed by atoms with Crippen LogP contribution in [0.3, 0.4) is 0 Å². The number of rotatable bonds is 12. The fourth-order valence-electron chi connectivity index (χ4n) is 5.29. The van der Waals surface area contributed by atoms with Gasteiger partial charge in [0, 0.05) is 26.0 Å². The van der Waals surface area contributed by atoms with Gasteiger partial charge in [0.25, 0.3) is 0 Å². The van der Waals surface area contributed by atoms with Crippen molar-refractivity contribution in [1.82, 2.24) is 31.0 Å². The maximum Gasteiger partial charge on any atom is 0.419 e. The molecule has 1 aromatic heterocycles. The van der Waals surface area contributed by atoms with Crippen LogP contribution in [0.1, 0.15) is 44.1 Å². The molecule has 3 aliphatic rings. The number of allylic oxidation sites excluding steroid dienone is 1. The van der Waals surface area contributed by atoms with Gasteiger partial charge in [-0.25, -0.2) is 19.8 Å². The van der Waals surface area contributed by atoms with Crippen LogP contribution >= 0.6 is 0 Å². The maximum absolute atomic E-state index is 14.1. The molecular formula is C30H37F3N8O5. The predicted molar refractivity (Wildman–Crippen MR) is 160 cm³/mol. The molecule has 1 aliphatic carbocycles. The molecule has 1 unspecified atom stereocenters. The van der Waals surface area contributed by atoms with Gasteiger partial charge in [0.2, 0.25) is 18.1 Å². The van der Waals surface area contributed by atoms with E-state index in [1.54, 1.807) is 0 Å². The minimum atomic E-state index is -4.64. The lowest BCUT2D eigenvalue weighted by molar-refractivity contribution is -0.260. The summed E-state index contributed by atoms with van der Waals surface area (Å²) >= 11 is 0. The van der Waals surface area contributed by atoms with Crippen LogP contribution in [0.5, 0.6) is 5.88 Å². The highest BCUT2D eigenvalue weighted by Gasteiger charge is 2.46. The molecule has 3 N–H and O–H groups in total. The molecule has 13 nitrogen and oxygen atoms in total. The van der Waals surface area contributed by atoms with Gasteiger partial charge in [-0.1, -0.05) is 36.8 Å². The average molecular weight is 647 g/mol. The standard InChI is InChI=1S/C30H37F3N8O5/c1-34-25(42)10-13-45-26-17-35-24(16-36-26)41(28(43)38-14-21-8-4-2-5-9-21)29(11-6-3-7-12-29)39-27-37-15-22(30(31,32)33)18-40(27)46-23-19-44-20-23/h2,4-5,8-9,15-18,23,27,39H,3,6-7,10-14,19-20H2,1H3,(H,34,42)(H,38,43). The number of alkyl halides is 3. The number of nitrogens with one attached hydrogen (secondary N) is 3. The van der Waals surface area contributed by atoms with Crippen molar-refractivity contribution in [2.75, 3.05) is 31.8 Å². The maximum atomic E-state index is 14.1. The third kappa shape index (κ3) is 8.30. The summed E-state index contributed by atoms with van der Waals surface area (Å²) in [4.78, 5) is 46.0. The molecular weight excluding hydrogens is 609 g/mol. The molecule has 0 spiro atoms. The van der Waals surface area contributed by atoms with Gasteiger partial charge >= 0.3 is 12.2 Å². The van der Waals surface area contributed by atoms with E-state index in [4.69, 9.17) is 14.3 Å². The largest absolute Gasteiger partial charge is 0.476 e. The molecule has 1 saturated carbocycles. The highest BCUT2D eigenvalue weighted by molar-refractivity contribution is 5.92. The molecule has 2 fully saturated rings. The van der Waals surface area contributed by atoms with Gasteiger partial charge in [-0.2, -0.15) is 13.2 Å². The molecule has 1 saturated heterocycles. The van der Waals surface area contributed by atoms with Crippen molar-refractivity contribution < 1.29 is 37.1 Å². The lowest BCUT2D eigenvalue weighted by Gasteiger charge is -2.49.